The molecule has 2 heterocycles. The summed E-state index contributed by atoms with van der Waals surface area (Å²) in [5, 5.41) is 0.922. The van der Waals surface area contributed by atoms with Crippen molar-refractivity contribution in [1.82, 2.24) is 9.55 Å². The van der Waals surface area contributed by atoms with Crippen molar-refractivity contribution in [3.05, 3.63) is 57.2 Å². The van der Waals surface area contributed by atoms with Crippen molar-refractivity contribution in [2.24, 2.45) is 0 Å². The zero-order valence-electron chi connectivity index (χ0n) is 9.64. The van der Waals surface area contributed by atoms with E-state index >= 15 is 0 Å². The Morgan fingerprint density at radius 2 is 2.00 bits per heavy atom. The number of para-hydroxylation sites is 1. The maximum Gasteiger partial charge on any atom is 0.269 e. The molecule has 2 aromatic heterocycles. The molecule has 0 aliphatic rings. The van der Waals surface area contributed by atoms with Crippen LogP contribution in [-0.4, -0.2) is 9.55 Å². The number of hydrogen-bond acceptors (Lipinski definition) is 3. The van der Waals surface area contributed by atoms with E-state index in [1.54, 1.807) is 10.6 Å². The molecule has 4 nitrogen and oxygen atoms in total. The predicted molar refractivity (Wildman–Crippen MR) is 79.9 cm³/mol. The summed E-state index contributed by atoms with van der Waals surface area (Å²) in [5.41, 5.74) is 0.993. The molecule has 0 amide bonds. The predicted octanol–water partition coefficient (Wildman–Crippen LogP) is 3.64. The molecule has 0 atom stereocenters. The van der Waals surface area contributed by atoms with Crippen molar-refractivity contribution in [1.29, 1.82) is 0 Å². The van der Waals surface area contributed by atoms with Gasteiger partial charge in [-0.1, -0.05) is 34.1 Å². The largest absolute Gasteiger partial charge is 0.431 e. The zero-order chi connectivity index (χ0) is 13.4. The van der Waals surface area contributed by atoms with E-state index in [9.17, 15) is 4.79 Å². The van der Waals surface area contributed by atoms with E-state index < -0.39 is 0 Å². The molecule has 0 saturated carbocycles. The van der Waals surface area contributed by atoms with Crippen LogP contribution in [-0.2, 0) is 5.33 Å². The molecule has 1 aromatic carbocycles. The highest BCUT2D eigenvalue weighted by Gasteiger charge is 2.15. The lowest BCUT2D eigenvalue weighted by Gasteiger charge is -2.09. The second-order valence-corrected chi connectivity index (χ2v) is 5.25. The van der Waals surface area contributed by atoms with Crippen LogP contribution in [0.4, 0.5) is 0 Å². The van der Waals surface area contributed by atoms with Crippen molar-refractivity contribution in [3.8, 4) is 5.69 Å². The molecule has 3 rings (SSSR count). The fraction of sp³-hybridized carbons (Fsp3) is 0.0769. The molecule has 3 aromatic rings. The number of fused-ring (bicyclic) bond motifs is 1. The van der Waals surface area contributed by atoms with E-state index in [2.05, 4.69) is 36.8 Å². The average Bonchev–Trinajstić information content (AvgIpc) is 2.80. The first-order valence-corrected chi connectivity index (χ1v) is 7.44. The quantitative estimate of drug-likeness (QED) is 0.635. The Hall–Kier alpha value is -1.40. The lowest BCUT2D eigenvalue weighted by molar-refractivity contribution is 0.572. The Labute approximate surface area is 125 Å². The third kappa shape index (κ3) is 2.15. The Morgan fingerprint density at radius 1 is 1.26 bits per heavy atom. The van der Waals surface area contributed by atoms with Crippen molar-refractivity contribution >= 4 is 43.0 Å². The van der Waals surface area contributed by atoms with E-state index in [1.165, 1.54) is 0 Å². The normalized spacial score (nSPS) is 11.1. The zero-order valence-corrected chi connectivity index (χ0v) is 12.8. The number of rotatable bonds is 2. The van der Waals surface area contributed by atoms with Crippen molar-refractivity contribution < 1.29 is 4.42 Å². The van der Waals surface area contributed by atoms with Crippen LogP contribution in [0.1, 0.15) is 5.82 Å². The van der Waals surface area contributed by atoms with E-state index in [0.717, 1.165) is 5.69 Å². The Bertz CT molecular complexity index is 794. The van der Waals surface area contributed by atoms with E-state index in [1.807, 2.05) is 30.3 Å². The highest BCUT2D eigenvalue weighted by atomic mass is 79.9. The fourth-order valence-electron chi connectivity index (χ4n) is 1.93. The van der Waals surface area contributed by atoms with Gasteiger partial charge in [0.2, 0.25) is 5.71 Å². The van der Waals surface area contributed by atoms with Crippen molar-refractivity contribution in [3.63, 3.8) is 0 Å². The molecule has 0 saturated heterocycles. The minimum absolute atomic E-state index is 0.139. The van der Waals surface area contributed by atoms with Crippen LogP contribution >= 0.6 is 31.9 Å². The van der Waals surface area contributed by atoms with Gasteiger partial charge in [0.05, 0.1) is 11.0 Å². The molecular weight excluding hydrogens is 376 g/mol. The molecule has 0 unspecified atom stereocenters. The average molecular weight is 384 g/mol. The molecule has 19 heavy (non-hydrogen) atoms. The van der Waals surface area contributed by atoms with E-state index in [-0.39, 0.29) is 5.56 Å². The highest BCUT2D eigenvalue weighted by molar-refractivity contribution is 9.10. The lowest BCUT2D eigenvalue weighted by Crippen LogP contribution is -2.22. The van der Waals surface area contributed by atoms with Crippen LogP contribution in [0.3, 0.4) is 0 Å². The van der Waals surface area contributed by atoms with Crippen LogP contribution in [0, 0.1) is 0 Å². The van der Waals surface area contributed by atoms with E-state index in [4.69, 9.17) is 4.42 Å². The summed E-state index contributed by atoms with van der Waals surface area (Å²) < 4.78 is 7.43. The molecule has 0 aliphatic carbocycles. The number of nitrogens with zero attached hydrogens (tertiary/aromatic N) is 2. The second kappa shape index (κ2) is 4.94. The first-order chi connectivity index (χ1) is 9.20. The smallest absolute Gasteiger partial charge is 0.269 e. The summed E-state index contributed by atoms with van der Waals surface area (Å²) >= 11 is 6.58. The van der Waals surface area contributed by atoms with Gasteiger partial charge in [-0.25, -0.2) is 0 Å². The van der Waals surface area contributed by atoms with Crippen LogP contribution in [0.5, 0.6) is 0 Å². The maximum absolute atomic E-state index is 12.5. The SMILES string of the molecule is O=c1c2cc(Br)oc2nc(CBr)n1-c1ccccc1. The summed E-state index contributed by atoms with van der Waals surface area (Å²) in [6.07, 6.45) is 0. The molecule has 0 fully saturated rings. The van der Waals surface area contributed by atoms with Gasteiger partial charge in [0.25, 0.3) is 5.56 Å². The Balaban J connectivity index is 2.40. The van der Waals surface area contributed by atoms with Gasteiger partial charge in [0.1, 0.15) is 11.2 Å². The molecule has 6 heteroatoms. The number of hydrogen-bond donors (Lipinski definition) is 0. The van der Waals surface area contributed by atoms with Crippen molar-refractivity contribution in [2.75, 3.05) is 0 Å². The molecule has 0 radical (unpaired) electrons. The number of benzene rings is 1. The van der Waals surface area contributed by atoms with Crippen LogP contribution in [0.2, 0.25) is 0 Å². The van der Waals surface area contributed by atoms with Gasteiger partial charge in [-0.05, 0) is 28.1 Å². The minimum Gasteiger partial charge on any atom is -0.431 e. The Kier molecular flexibility index (Phi) is 3.28. The summed E-state index contributed by atoms with van der Waals surface area (Å²) in [6, 6.07) is 11.1. The minimum atomic E-state index is -0.139. The van der Waals surface area contributed by atoms with Crippen LogP contribution in [0.25, 0.3) is 16.8 Å². The van der Waals surface area contributed by atoms with Gasteiger partial charge in [0.15, 0.2) is 4.67 Å². The molecule has 96 valence electrons. The summed E-state index contributed by atoms with van der Waals surface area (Å²) in [4.78, 5) is 16.9. The summed E-state index contributed by atoms with van der Waals surface area (Å²) in [5.74, 6) is 0.602. The second-order valence-electron chi connectivity index (χ2n) is 3.91. The fourth-order valence-corrected chi connectivity index (χ4v) is 2.68. The first-order valence-electron chi connectivity index (χ1n) is 5.53. The van der Waals surface area contributed by atoms with E-state index in [0.29, 0.717) is 26.9 Å². The van der Waals surface area contributed by atoms with Crippen molar-refractivity contribution in [2.45, 2.75) is 5.33 Å². The van der Waals surface area contributed by atoms with Gasteiger partial charge < -0.3 is 4.42 Å². The van der Waals surface area contributed by atoms with Gasteiger partial charge in [-0.3, -0.25) is 9.36 Å². The van der Waals surface area contributed by atoms with Crippen LogP contribution in [0.15, 0.2) is 50.3 Å². The number of halogens is 2. The number of aromatic nitrogens is 2. The third-order valence-electron chi connectivity index (χ3n) is 2.74. The standard InChI is InChI=1S/C13H8Br2N2O2/c14-7-11-16-12-9(6-10(15)19-12)13(18)17(11)8-4-2-1-3-5-8/h1-6H,7H2. The van der Waals surface area contributed by atoms with Gasteiger partial charge in [0, 0.05) is 6.07 Å². The van der Waals surface area contributed by atoms with Gasteiger partial charge >= 0.3 is 0 Å². The first kappa shape index (κ1) is 12.6. The lowest BCUT2D eigenvalue weighted by atomic mass is 10.3. The molecule has 0 aliphatic heterocycles. The summed E-state index contributed by atoms with van der Waals surface area (Å²) in [6.45, 7) is 0. The maximum atomic E-state index is 12.5. The third-order valence-corrected chi connectivity index (χ3v) is 3.63. The topological polar surface area (TPSA) is 48.0 Å². The van der Waals surface area contributed by atoms with Crippen LogP contribution < -0.4 is 5.56 Å². The highest BCUT2D eigenvalue weighted by Crippen LogP contribution is 2.21. The molecule has 0 bridgehead atoms. The van der Waals surface area contributed by atoms with Gasteiger partial charge in [-0.2, -0.15) is 4.98 Å². The summed E-state index contributed by atoms with van der Waals surface area (Å²) in [7, 11) is 0. The number of alkyl halides is 1. The number of furan rings is 1. The van der Waals surface area contributed by atoms with Gasteiger partial charge in [-0.15, -0.1) is 0 Å². The monoisotopic (exact) mass is 382 g/mol. The molecule has 0 spiro atoms. The molecular formula is C13H8Br2N2O2. The Morgan fingerprint density at radius 3 is 2.68 bits per heavy atom. The molecule has 0 N–H and O–H groups in total.